The average molecular weight is 483 g/mol. The Morgan fingerprint density at radius 3 is 2.48 bits per heavy atom. The SMILES string of the molecule is O=C1NC(=Nc2ccc(Cl)cc2)/C(=C/c2ccc(-c3cc(C(F)(F)F)ccc3Cl)o2)S1. The minimum absolute atomic E-state index is 0.115. The van der Waals surface area contributed by atoms with E-state index in [4.69, 9.17) is 27.6 Å². The lowest BCUT2D eigenvalue weighted by atomic mass is 10.1. The summed E-state index contributed by atoms with van der Waals surface area (Å²) in [7, 11) is 0. The molecule has 4 rings (SSSR count). The van der Waals surface area contributed by atoms with Crippen molar-refractivity contribution >= 4 is 57.8 Å². The van der Waals surface area contributed by atoms with Crippen LogP contribution in [0.5, 0.6) is 0 Å². The number of alkyl halides is 3. The van der Waals surface area contributed by atoms with Crippen LogP contribution < -0.4 is 5.32 Å². The zero-order valence-electron chi connectivity index (χ0n) is 15.3. The van der Waals surface area contributed by atoms with Crippen LogP contribution in [0, 0.1) is 0 Å². The van der Waals surface area contributed by atoms with Crippen molar-refractivity contribution in [1.29, 1.82) is 0 Å². The van der Waals surface area contributed by atoms with E-state index in [2.05, 4.69) is 10.3 Å². The smallest absolute Gasteiger partial charge is 0.416 e. The lowest BCUT2D eigenvalue weighted by Crippen LogP contribution is -2.18. The van der Waals surface area contributed by atoms with Crippen molar-refractivity contribution in [3.8, 4) is 11.3 Å². The first-order valence-corrected chi connectivity index (χ1v) is 10.3. The second-order valence-electron chi connectivity index (χ2n) is 6.35. The summed E-state index contributed by atoms with van der Waals surface area (Å²) in [4.78, 5) is 16.7. The lowest BCUT2D eigenvalue weighted by molar-refractivity contribution is -0.137. The standard InChI is InChI=1S/C21H11Cl2F3N2O2S/c22-12-2-4-13(5-3-12)27-19-18(31-20(29)28-19)10-14-6-8-17(30-14)15-9-11(21(24,25)26)1-7-16(15)23/h1-10H,(H,27,28,29)/b18-10-. The highest BCUT2D eigenvalue weighted by Gasteiger charge is 2.31. The summed E-state index contributed by atoms with van der Waals surface area (Å²) >= 11 is 12.9. The van der Waals surface area contributed by atoms with E-state index in [0.717, 1.165) is 23.9 Å². The van der Waals surface area contributed by atoms with Crippen molar-refractivity contribution in [2.75, 3.05) is 0 Å². The minimum atomic E-state index is -4.50. The highest BCUT2D eigenvalue weighted by atomic mass is 35.5. The number of amides is 1. The Balaban J connectivity index is 1.66. The van der Waals surface area contributed by atoms with Gasteiger partial charge in [0.2, 0.25) is 0 Å². The molecule has 2 heterocycles. The molecular weight excluding hydrogens is 472 g/mol. The molecule has 0 unspecified atom stereocenters. The van der Waals surface area contributed by atoms with Gasteiger partial charge in [-0.3, -0.25) is 4.79 Å². The Kier molecular flexibility index (Phi) is 5.88. The van der Waals surface area contributed by atoms with Gasteiger partial charge in [-0.1, -0.05) is 23.2 Å². The molecule has 2 aromatic carbocycles. The number of benzene rings is 2. The van der Waals surface area contributed by atoms with Crippen LogP contribution in [0.25, 0.3) is 17.4 Å². The highest BCUT2D eigenvalue weighted by molar-refractivity contribution is 8.18. The molecule has 3 aromatic rings. The van der Waals surface area contributed by atoms with E-state index < -0.39 is 11.7 Å². The van der Waals surface area contributed by atoms with Crippen LogP contribution in [-0.4, -0.2) is 11.1 Å². The van der Waals surface area contributed by atoms with Gasteiger partial charge in [0.1, 0.15) is 17.4 Å². The molecule has 1 aromatic heterocycles. The molecule has 0 atom stereocenters. The van der Waals surface area contributed by atoms with Crippen molar-refractivity contribution in [2.24, 2.45) is 4.99 Å². The van der Waals surface area contributed by atoms with Gasteiger partial charge in [0.05, 0.1) is 21.2 Å². The lowest BCUT2D eigenvalue weighted by Gasteiger charge is -2.09. The number of aliphatic imine (C=N–C) groups is 1. The van der Waals surface area contributed by atoms with Gasteiger partial charge in [-0.25, -0.2) is 4.99 Å². The number of thioether (sulfide) groups is 1. The summed E-state index contributed by atoms with van der Waals surface area (Å²) < 4.78 is 44.8. The molecule has 0 aliphatic carbocycles. The number of rotatable bonds is 3. The van der Waals surface area contributed by atoms with Crippen LogP contribution in [0.1, 0.15) is 11.3 Å². The summed E-state index contributed by atoms with van der Waals surface area (Å²) in [6.07, 6.45) is -2.93. The van der Waals surface area contributed by atoms with E-state index >= 15 is 0 Å². The number of hydrogen-bond acceptors (Lipinski definition) is 4. The molecule has 10 heteroatoms. The van der Waals surface area contributed by atoms with Gasteiger partial charge in [0, 0.05) is 10.6 Å². The third kappa shape index (κ3) is 4.98. The van der Waals surface area contributed by atoms with Gasteiger partial charge in [-0.2, -0.15) is 13.2 Å². The van der Waals surface area contributed by atoms with Crippen molar-refractivity contribution < 1.29 is 22.4 Å². The molecule has 0 spiro atoms. The molecule has 0 bridgehead atoms. The molecule has 1 fully saturated rings. The van der Waals surface area contributed by atoms with Gasteiger partial charge in [-0.15, -0.1) is 0 Å². The van der Waals surface area contributed by atoms with Crippen molar-refractivity contribution in [1.82, 2.24) is 5.32 Å². The Morgan fingerprint density at radius 2 is 1.77 bits per heavy atom. The molecule has 31 heavy (non-hydrogen) atoms. The fourth-order valence-electron chi connectivity index (χ4n) is 2.75. The van der Waals surface area contributed by atoms with E-state index in [9.17, 15) is 18.0 Å². The third-order valence-corrected chi connectivity index (χ3v) is 5.58. The Morgan fingerprint density at radius 1 is 1.03 bits per heavy atom. The molecule has 1 amide bonds. The van der Waals surface area contributed by atoms with Crippen LogP contribution in [0.2, 0.25) is 10.0 Å². The zero-order valence-corrected chi connectivity index (χ0v) is 17.7. The largest absolute Gasteiger partial charge is 0.457 e. The summed E-state index contributed by atoms with van der Waals surface area (Å²) in [6, 6.07) is 12.8. The van der Waals surface area contributed by atoms with Crippen molar-refractivity contribution in [2.45, 2.75) is 6.18 Å². The van der Waals surface area contributed by atoms with Crippen molar-refractivity contribution in [3.05, 3.63) is 80.9 Å². The third-order valence-electron chi connectivity index (χ3n) is 4.18. The Hall–Kier alpha value is -2.68. The quantitative estimate of drug-likeness (QED) is 0.414. The number of amidine groups is 1. The highest BCUT2D eigenvalue weighted by Crippen LogP contribution is 2.37. The minimum Gasteiger partial charge on any atom is -0.457 e. The van der Waals surface area contributed by atoms with Gasteiger partial charge < -0.3 is 9.73 Å². The molecule has 158 valence electrons. The Labute approximate surface area is 188 Å². The van der Waals surface area contributed by atoms with Crippen LogP contribution in [-0.2, 0) is 6.18 Å². The molecule has 1 aliphatic heterocycles. The molecule has 0 radical (unpaired) electrons. The maximum absolute atomic E-state index is 13.0. The number of carbonyl (C=O) groups excluding carboxylic acids is 1. The summed E-state index contributed by atoms with van der Waals surface area (Å²) in [5.41, 5.74) is -0.129. The number of halogens is 5. The second-order valence-corrected chi connectivity index (χ2v) is 8.21. The maximum atomic E-state index is 13.0. The summed E-state index contributed by atoms with van der Waals surface area (Å²) in [5, 5.41) is 3.01. The predicted molar refractivity (Wildman–Crippen MR) is 117 cm³/mol. The van der Waals surface area contributed by atoms with Crippen LogP contribution in [0.4, 0.5) is 23.7 Å². The van der Waals surface area contributed by atoms with E-state index in [1.807, 2.05) is 0 Å². The number of furan rings is 1. The molecule has 1 saturated heterocycles. The van der Waals surface area contributed by atoms with Crippen LogP contribution >= 0.6 is 35.0 Å². The Bertz CT molecular complexity index is 1220. The zero-order chi connectivity index (χ0) is 22.2. The first-order chi connectivity index (χ1) is 14.7. The molecule has 1 aliphatic rings. The first-order valence-electron chi connectivity index (χ1n) is 8.71. The van der Waals surface area contributed by atoms with Crippen molar-refractivity contribution in [3.63, 3.8) is 0 Å². The van der Waals surface area contributed by atoms with Gasteiger partial charge in [0.25, 0.3) is 5.24 Å². The second kappa shape index (κ2) is 8.45. The van der Waals surface area contributed by atoms with Gasteiger partial charge in [0.15, 0.2) is 0 Å². The summed E-state index contributed by atoms with van der Waals surface area (Å²) in [6.45, 7) is 0. The number of carbonyl (C=O) groups is 1. The molecule has 0 saturated carbocycles. The molecular formula is C21H11Cl2F3N2O2S. The fraction of sp³-hybridized carbons (Fsp3) is 0.0476. The van der Waals surface area contributed by atoms with Gasteiger partial charge in [-0.05, 0) is 72.4 Å². The van der Waals surface area contributed by atoms with Crippen LogP contribution in [0.3, 0.4) is 0 Å². The van der Waals surface area contributed by atoms with E-state index in [0.29, 0.717) is 27.2 Å². The normalized spacial score (nSPS) is 16.9. The number of nitrogens with zero attached hydrogens (tertiary/aromatic N) is 1. The van der Waals surface area contributed by atoms with E-state index in [1.165, 1.54) is 12.1 Å². The monoisotopic (exact) mass is 482 g/mol. The average Bonchev–Trinajstić information content (AvgIpc) is 3.30. The van der Waals surface area contributed by atoms with Crippen LogP contribution in [0.15, 0.2) is 68.9 Å². The fourth-order valence-corrected chi connectivity index (χ4v) is 3.80. The number of nitrogens with one attached hydrogen (secondary N) is 1. The number of hydrogen-bond donors (Lipinski definition) is 1. The topological polar surface area (TPSA) is 54.6 Å². The van der Waals surface area contributed by atoms with Gasteiger partial charge >= 0.3 is 6.18 Å². The maximum Gasteiger partial charge on any atom is 0.416 e. The summed E-state index contributed by atoms with van der Waals surface area (Å²) in [5.74, 6) is 0.820. The molecule has 1 N–H and O–H groups in total. The van der Waals surface area contributed by atoms with E-state index in [-0.39, 0.29) is 21.6 Å². The molecule has 4 nitrogen and oxygen atoms in total. The first kappa shape index (κ1) is 21.5. The predicted octanol–water partition coefficient (Wildman–Crippen LogP) is 7.80. The van der Waals surface area contributed by atoms with E-state index in [1.54, 1.807) is 36.4 Å².